The van der Waals surface area contributed by atoms with Crippen LogP contribution < -0.4 is 5.73 Å². The number of fused-ring (bicyclic) bond motifs is 1. The minimum atomic E-state index is -0.170. The van der Waals surface area contributed by atoms with Gasteiger partial charge in [0, 0.05) is 15.6 Å². The van der Waals surface area contributed by atoms with Crippen molar-refractivity contribution in [3.8, 4) is 0 Å². The number of rotatable bonds is 3. The second-order valence-electron chi connectivity index (χ2n) is 5.32. The Labute approximate surface area is 111 Å². The van der Waals surface area contributed by atoms with Crippen LogP contribution in [0, 0.1) is 11.7 Å². The molecule has 1 saturated carbocycles. The molecule has 1 heterocycles. The van der Waals surface area contributed by atoms with E-state index in [-0.39, 0.29) is 11.9 Å². The minimum Gasteiger partial charge on any atom is -0.323 e. The third-order valence-corrected chi connectivity index (χ3v) is 5.17. The maximum absolute atomic E-state index is 13.1. The lowest BCUT2D eigenvalue weighted by molar-refractivity contribution is 0.454. The summed E-state index contributed by atoms with van der Waals surface area (Å²) in [7, 11) is 0. The van der Waals surface area contributed by atoms with E-state index >= 15 is 0 Å². The Bertz CT molecular complexity index is 542. The van der Waals surface area contributed by atoms with E-state index in [9.17, 15) is 4.39 Å². The van der Waals surface area contributed by atoms with Gasteiger partial charge in [0.05, 0.1) is 0 Å². The first kappa shape index (κ1) is 12.1. The summed E-state index contributed by atoms with van der Waals surface area (Å²) in [5.74, 6) is 0.623. The van der Waals surface area contributed by atoms with Crippen molar-refractivity contribution in [3.63, 3.8) is 0 Å². The van der Waals surface area contributed by atoms with E-state index in [1.54, 1.807) is 17.4 Å². The molecule has 0 bridgehead atoms. The molecule has 1 unspecified atom stereocenters. The maximum Gasteiger partial charge on any atom is 0.123 e. The molecule has 18 heavy (non-hydrogen) atoms. The van der Waals surface area contributed by atoms with Crippen LogP contribution in [0.2, 0.25) is 0 Å². The van der Waals surface area contributed by atoms with Gasteiger partial charge in [0.15, 0.2) is 0 Å². The molecule has 1 fully saturated rings. The Morgan fingerprint density at radius 1 is 1.28 bits per heavy atom. The molecule has 1 aliphatic rings. The lowest BCUT2D eigenvalue weighted by atomic mass is 9.98. The molecule has 3 heteroatoms. The van der Waals surface area contributed by atoms with Crippen LogP contribution in [0.3, 0.4) is 0 Å². The molecule has 0 saturated heterocycles. The largest absolute Gasteiger partial charge is 0.323 e. The molecule has 96 valence electrons. The average molecular weight is 263 g/mol. The first-order chi connectivity index (χ1) is 8.72. The SMILES string of the molecule is NC(CC1CCCC1)c1cc2cc(F)ccc2s1. The van der Waals surface area contributed by atoms with Crippen LogP contribution in [0.15, 0.2) is 24.3 Å². The number of thiophene rings is 1. The predicted molar refractivity (Wildman–Crippen MR) is 75.3 cm³/mol. The van der Waals surface area contributed by atoms with Crippen molar-refractivity contribution in [1.82, 2.24) is 0 Å². The van der Waals surface area contributed by atoms with Crippen LogP contribution in [0.4, 0.5) is 4.39 Å². The second kappa shape index (κ2) is 4.98. The van der Waals surface area contributed by atoms with Crippen LogP contribution in [0.25, 0.3) is 10.1 Å². The van der Waals surface area contributed by atoms with Gasteiger partial charge in [-0.1, -0.05) is 25.7 Å². The summed E-state index contributed by atoms with van der Waals surface area (Å²) in [6.45, 7) is 0. The normalized spacial score (nSPS) is 18.6. The molecule has 2 N–H and O–H groups in total. The Morgan fingerprint density at radius 3 is 2.83 bits per heavy atom. The predicted octanol–water partition coefficient (Wildman–Crippen LogP) is 4.62. The summed E-state index contributed by atoms with van der Waals surface area (Å²) in [6.07, 6.45) is 6.44. The molecular formula is C15H18FNS. The zero-order chi connectivity index (χ0) is 12.5. The monoisotopic (exact) mass is 263 g/mol. The van der Waals surface area contributed by atoms with Gasteiger partial charge in [-0.2, -0.15) is 0 Å². The molecular weight excluding hydrogens is 245 g/mol. The first-order valence-electron chi connectivity index (χ1n) is 6.67. The fourth-order valence-corrected chi connectivity index (χ4v) is 4.00. The molecule has 1 aliphatic carbocycles. The highest BCUT2D eigenvalue weighted by molar-refractivity contribution is 7.19. The molecule has 2 aromatic rings. The van der Waals surface area contributed by atoms with Gasteiger partial charge in [0.2, 0.25) is 0 Å². The lowest BCUT2D eigenvalue weighted by Gasteiger charge is -2.14. The average Bonchev–Trinajstić information content (AvgIpc) is 2.96. The summed E-state index contributed by atoms with van der Waals surface area (Å²) in [6, 6.07) is 7.14. The molecule has 0 radical (unpaired) electrons. The van der Waals surface area contributed by atoms with Crippen LogP contribution in [0.1, 0.15) is 43.0 Å². The summed E-state index contributed by atoms with van der Waals surface area (Å²) < 4.78 is 14.3. The number of hydrogen-bond acceptors (Lipinski definition) is 2. The molecule has 1 atom stereocenters. The first-order valence-corrected chi connectivity index (χ1v) is 7.48. The van der Waals surface area contributed by atoms with Gasteiger partial charge in [-0.25, -0.2) is 4.39 Å². The van der Waals surface area contributed by atoms with Crippen molar-refractivity contribution in [2.45, 2.75) is 38.1 Å². The summed E-state index contributed by atoms with van der Waals surface area (Å²) in [4.78, 5) is 1.20. The van der Waals surface area contributed by atoms with E-state index < -0.39 is 0 Å². The van der Waals surface area contributed by atoms with Gasteiger partial charge >= 0.3 is 0 Å². The number of hydrogen-bond donors (Lipinski definition) is 1. The van der Waals surface area contributed by atoms with Gasteiger partial charge in [0.25, 0.3) is 0 Å². The maximum atomic E-state index is 13.1. The van der Waals surface area contributed by atoms with Crippen molar-refractivity contribution >= 4 is 21.4 Å². The van der Waals surface area contributed by atoms with Crippen molar-refractivity contribution < 1.29 is 4.39 Å². The summed E-state index contributed by atoms with van der Waals surface area (Å²) in [5.41, 5.74) is 6.29. The molecule has 0 aliphatic heterocycles. The Morgan fingerprint density at radius 2 is 2.06 bits per heavy atom. The van der Waals surface area contributed by atoms with Crippen molar-refractivity contribution in [2.24, 2.45) is 11.7 Å². The number of nitrogens with two attached hydrogens (primary N) is 1. The highest BCUT2D eigenvalue weighted by Crippen LogP contribution is 2.36. The summed E-state index contributed by atoms with van der Waals surface area (Å²) in [5, 5.41) is 0.983. The fraction of sp³-hybridized carbons (Fsp3) is 0.467. The zero-order valence-electron chi connectivity index (χ0n) is 10.4. The summed E-state index contributed by atoms with van der Waals surface area (Å²) >= 11 is 1.71. The Kier molecular flexibility index (Phi) is 3.35. The van der Waals surface area contributed by atoms with E-state index in [1.807, 2.05) is 6.07 Å². The van der Waals surface area contributed by atoms with Gasteiger partial charge in [0.1, 0.15) is 5.82 Å². The highest BCUT2D eigenvalue weighted by Gasteiger charge is 2.20. The van der Waals surface area contributed by atoms with Crippen molar-refractivity contribution in [1.29, 1.82) is 0 Å². The smallest absolute Gasteiger partial charge is 0.123 e. The van der Waals surface area contributed by atoms with E-state index in [4.69, 9.17) is 5.73 Å². The molecule has 1 nitrogen and oxygen atoms in total. The lowest BCUT2D eigenvalue weighted by Crippen LogP contribution is -2.12. The third kappa shape index (κ3) is 2.43. The van der Waals surface area contributed by atoms with Crippen LogP contribution >= 0.6 is 11.3 Å². The molecule has 1 aromatic carbocycles. The fourth-order valence-electron chi connectivity index (χ4n) is 2.94. The van der Waals surface area contributed by atoms with Gasteiger partial charge in [-0.05, 0) is 42.0 Å². The van der Waals surface area contributed by atoms with Gasteiger partial charge in [-0.15, -0.1) is 11.3 Å². The topological polar surface area (TPSA) is 26.0 Å². The molecule has 1 aromatic heterocycles. The quantitative estimate of drug-likeness (QED) is 0.859. The minimum absolute atomic E-state index is 0.119. The van der Waals surface area contributed by atoms with Crippen LogP contribution in [-0.2, 0) is 0 Å². The van der Waals surface area contributed by atoms with Gasteiger partial charge in [-0.3, -0.25) is 0 Å². The van der Waals surface area contributed by atoms with E-state index in [1.165, 1.54) is 36.6 Å². The molecule has 3 rings (SSSR count). The number of halogens is 1. The highest BCUT2D eigenvalue weighted by atomic mass is 32.1. The van der Waals surface area contributed by atoms with Crippen LogP contribution in [-0.4, -0.2) is 0 Å². The standard InChI is InChI=1S/C15H18FNS/c16-12-5-6-14-11(8-12)9-15(18-14)13(17)7-10-3-1-2-4-10/h5-6,8-10,13H,1-4,7,17H2. The second-order valence-corrected chi connectivity index (χ2v) is 6.44. The zero-order valence-corrected chi connectivity index (χ0v) is 11.2. The number of benzene rings is 1. The van der Waals surface area contributed by atoms with Crippen molar-refractivity contribution in [3.05, 3.63) is 35.0 Å². The van der Waals surface area contributed by atoms with E-state index in [0.29, 0.717) is 0 Å². The Hall–Kier alpha value is -0.930. The van der Waals surface area contributed by atoms with Crippen molar-refractivity contribution in [2.75, 3.05) is 0 Å². The van der Waals surface area contributed by atoms with E-state index in [2.05, 4.69) is 6.07 Å². The molecule has 0 amide bonds. The van der Waals surface area contributed by atoms with Crippen LogP contribution in [0.5, 0.6) is 0 Å². The van der Waals surface area contributed by atoms with E-state index in [0.717, 1.165) is 22.4 Å². The van der Waals surface area contributed by atoms with Gasteiger partial charge < -0.3 is 5.73 Å². The Balaban J connectivity index is 1.80. The third-order valence-electron chi connectivity index (χ3n) is 3.92. The molecule has 0 spiro atoms.